The van der Waals surface area contributed by atoms with Gasteiger partial charge in [0.1, 0.15) is 22.8 Å². The maximum Gasteiger partial charge on any atom is 0.330 e. The number of carboxylic acid groups (broad SMARTS) is 1. The van der Waals surface area contributed by atoms with Gasteiger partial charge in [0.25, 0.3) is 0 Å². The largest absolute Gasteiger partial charge is 0.507 e. The molecule has 190 valence electrons. The van der Waals surface area contributed by atoms with Gasteiger partial charge in [0.15, 0.2) is 22.8 Å². The molecule has 5 aliphatic rings. The van der Waals surface area contributed by atoms with Crippen molar-refractivity contribution >= 4 is 17.5 Å². The van der Waals surface area contributed by atoms with Gasteiger partial charge in [-0.25, -0.2) is 4.79 Å². The average Bonchev–Trinajstić information content (AvgIpc) is 2.94. The third-order valence-electron chi connectivity index (χ3n) is 8.18. The maximum atomic E-state index is 14.0. The first-order valence-electron chi connectivity index (χ1n) is 12.1. The summed E-state index contributed by atoms with van der Waals surface area (Å²) < 4.78 is 13.3. The Labute approximate surface area is 208 Å². The van der Waals surface area contributed by atoms with Crippen LogP contribution in [-0.2, 0) is 20.7 Å². The van der Waals surface area contributed by atoms with Crippen LogP contribution in [0.2, 0.25) is 0 Å². The molecule has 0 radical (unpaired) electrons. The van der Waals surface area contributed by atoms with Gasteiger partial charge in [0, 0.05) is 41.0 Å². The molecule has 1 aromatic rings. The molecule has 4 bridgehead atoms. The fourth-order valence-electron chi connectivity index (χ4n) is 6.52. The fraction of sp³-hybridized carbons (Fsp3) is 0.464. The number of carbonyl (C=O) groups is 3. The molecule has 6 rings (SSSR count). The first kappa shape index (κ1) is 24.3. The van der Waals surface area contributed by atoms with Gasteiger partial charge in [-0.1, -0.05) is 23.8 Å². The van der Waals surface area contributed by atoms with Crippen LogP contribution in [0.3, 0.4) is 0 Å². The van der Waals surface area contributed by atoms with E-state index in [9.17, 15) is 29.7 Å². The number of aliphatic carboxylic acids is 1. The molecule has 1 spiro atoms. The number of ketones is 2. The van der Waals surface area contributed by atoms with E-state index in [1.54, 1.807) is 6.08 Å². The SMILES string of the molecule is CC(C)=CCc1c(O)cc(O)c2c1O[C@]13C(=C[C@@H]4CC1C(C)(C)O[C@@]3(C/C=C(\C)C(=O)O)C4=O)C2=O. The summed E-state index contributed by atoms with van der Waals surface area (Å²) in [4.78, 5) is 39.4. The summed E-state index contributed by atoms with van der Waals surface area (Å²) in [5, 5.41) is 30.9. The zero-order valence-electron chi connectivity index (χ0n) is 21.0. The summed E-state index contributed by atoms with van der Waals surface area (Å²) in [5.41, 5.74) is -2.47. The van der Waals surface area contributed by atoms with Crippen molar-refractivity contribution in [2.75, 3.05) is 0 Å². The van der Waals surface area contributed by atoms with Gasteiger partial charge < -0.3 is 24.8 Å². The minimum atomic E-state index is -1.63. The number of hydrogen-bond donors (Lipinski definition) is 3. The molecule has 4 atom stereocenters. The minimum Gasteiger partial charge on any atom is -0.507 e. The monoisotopic (exact) mass is 494 g/mol. The van der Waals surface area contributed by atoms with E-state index in [0.29, 0.717) is 12.0 Å². The second-order valence-electron chi connectivity index (χ2n) is 11.0. The van der Waals surface area contributed by atoms with Gasteiger partial charge in [-0.05, 0) is 47.5 Å². The van der Waals surface area contributed by atoms with Crippen molar-refractivity contribution in [3.8, 4) is 17.2 Å². The lowest BCUT2D eigenvalue weighted by atomic mass is 9.51. The number of ether oxygens (including phenoxy) is 2. The van der Waals surface area contributed by atoms with Gasteiger partial charge in [0.05, 0.1) is 5.60 Å². The van der Waals surface area contributed by atoms with Crippen molar-refractivity contribution in [1.29, 1.82) is 0 Å². The van der Waals surface area contributed by atoms with Crippen LogP contribution in [0.4, 0.5) is 0 Å². The molecule has 3 N–H and O–H groups in total. The first-order valence-corrected chi connectivity index (χ1v) is 12.1. The summed E-state index contributed by atoms with van der Waals surface area (Å²) >= 11 is 0. The van der Waals surface area contributed by atoms with E-state index < -0.39 is 46.1 Å². The fourth-order valence-corrected chi connectivity index (χ4v) is 6.52. The number of rotatable bonds is 5. The molecule has 8 heteroatoms. The summed E-state index contributed by atoms with van der Waals surface area (Å²) in [5.74, 6) is -3.43. The quantitative estimate of drug-likeness (QED) is 0.413. The van der Waals surface area contributed by atoms with E-state index in [1.165, 1.54) is 13.0 Å². The van der Waals surface area contributed by atoms with E-state index in [1.807, 2.05) is 33.8 Å². The van der Waals surface area contributed by atoms with E-state index in [0.717, 1.165) is 11.6 Å². The summed E-state index contributed by atoms with van der Waals surface area (Å²) in [6, 6.07) is 1.14. The smallest absolute Gasteiger partial charge is 0.330 e. The van der Waals surface area contributed by atoms with Gasteiger partial charge in [-0.15, -0.1) is 0 Å². The lowest BCUT2D eigenvalue weighted by Crippen LogP contribution is -2.72. The lowest BCUT2D eigenvalue weighted by molar-refractivity contribution is -0.171. The molecule has 3 aliphatic carbocycles. The Hall–Kier alpha value is -3.39. The molecule has 2 fully saturated rings. The lowest BCUT2D eigenvalue weighted by Gasteiger charge is -2.56. The number of carboxylic acids is 1. The standard InChI is InChI=1S/C28H30O8/c1-13(2)6-7-16-18(29)12-19(30)21-22(31)17-10-15-11-20-26(4,5)36-27(24(15)32,9-8-14(3)25(33)34)28(17,20)35-23(16)21/h6,8,10,12,15,20,29-30H,7,9,11H2,1-5H3,(H,33,34)/b14-8+/t15-,20?,27+,28-/m1/s1. The van der Waals surface area contributed by atoms with Crippen molar-refractivity contribution in [1.82, 2.24) is 0 Å². The normalized spacial score (nSPS) is 31.4. The van der Waals surface area contributed by atoms with Crippen molar-refractivity contribution in [3.05, 3.63) is 52.1 Å². The third-order valence-corrected chi connectivity index (χ3v) is 8.18. The van der Waals surface area contributed by atoms with Crippen LogP contribution in [0.25, 0.3) is 0 Å². The summed E-state index contributed by atoms with van der Waals surface area (Å²) in [6.07, 6.45) is 5.51. The Morgan fingerprint density at radius 3 is 2.47 bits per heavy atom. The predicted octanol–water partition coefficient (Wildman–Crippen LogP) is 4.03. The van der Waals surface area contributed by atoms with Gasteiger partial charge >= 0.3 is 5.97 Å². The molecule has 0 aromatic heterocycles. The van der Waals surface area contributed by atoms with Crippen LogP contribution in [0.15, 0.2) is 41.0 Å². The van der Waals surface area contributed by atoms with Crippen LogP contribution < -0.4 is 4.74 Å². The number of carbonyl (C=O) groups excluding carboxylic acids is 2. The average molecular weight is 495 g/mol. The number of phenolic OH excluding ortho intramolecular Hbond substituents is 2. The molecule has 36 heavy (non-hydrogen) atoms. The highest BCUT2D eigenvalue weighted by molar-refractivity contribution is 6.18. The maximum absolute atomic E-state index is 14.0. The number of allylic oxidation sites excluding steroid dienone is 3. The number of fused-ring (bicyclic) bond motifs is 1. The summed E-state index contributed by atoms with van der Waals surface area (Å²) in [6.45, 7) is 8.94. The molecule has 1 unspecified atom stereocenters. The molecule has 1 saturated heterocycles. The van der Waals surface area contributed by atoms with Crippen LogP contribution in [0, 0.1) is 11.8 Å². The van der Waals surface area contributed by atoms with Gasteiger partial charge in [-0.3, -0.25) is 9.59 Å². The molecule has 0 amide bonds. The Bertz CT molecular complexity index is 1330. The molecule has 1 saturated carbocycles. The highest BCUT2D eigenvalue weighted by Gasteiger charge is 2.81. The van der Waals surface area contributed by atoms with Crippen molar-refractivity contribution in [2.24, 2.45) is 11.8 Å². The topological polar surface area (TPSA) is 130 Å². The Kier molecular flexibility index (Phi) is 5.10. The zero-order valence-corrected chi connectivity index (χ0v) is 21.0. The van der Waals surface area contributed by atoms with Crippen LogP contribution in [0.5, 0.6) is 17.2 Å². The Morgan fingerprint density at radius 2 is 1.83 bits per heavy atom. The number of aromatic hydroxyl groups is 2. The highest BCUT2D eigenvalue weighted by atomic mass is 16.6. The predicted molar refractivity (Wildman–Crippen MR) is 129 cm³/mol. The van der Waals surface area contributed by atoms with Crippen LogP contribution in [0.1, 0.15) is 63.4 Å². The van der Waals surface area contributed by atoms with E-state index in [4.69, 9.17) is 9.47 Å². The van der Waals surface area contributed by atoms with Crippen molar-refractivity contribution < 1.29 is 39.2 Å². The molecule has 2 heterocycles. The Balaban J connectivity index is 1.79. The zero-order chi connectivity index (χ0) is 26.4. The van der Waals surface area contributed by atoms with E-state index >= 15 is 0 Å². The molecular formula is C28H30O8. The van der Waals surface area contributed by atoms with Crippen LogP contribution >= 0.6 is 0 Å². The number of benzene rings is 1. The van der Waals surface area contributed by atoms with E-state index in [-0.39, 0.29) is 46.8 Å². The third kappa shape index (κ3) is 2.94. The minimum absolute atomic E-state index is 0.0370. The van der Waals surface area contributed by atoms with Crippen molar-refractivity contribution in [2.45, 2.75) is 70.7 Å². The molecular weight excluding hydrogens is 464 g/mol. The van der Waals surface area contributed by atoms with Gasteiger partial charge in [-0.2, -0.15) is 0 Å². The molecule has 1 aromatic carbocycles. The Morgan fingerprint density at radius 1 is 1.14 bits per heavy atom. The number of phenols is 2. The highest BCUT2D eigenvalue weighted by Crippen LogP contribution is 2.68. The molecule has 2 aliphatic heterocycles. The van der Waals surface area contributed by atoms with Crippen molar-refractivity contribution in [3.63, 3.8) is 0 Å². The van der Waals surface area contributed by atoms with Gasteiger partial charge in [0.2, 0.25) is 0 Å². The second-order valence-corrected chi connectivity index (χ2v) is 11.0. The van der Waals surface area contributed by atoms with E-state index in [2.05, 4.69) is 0 Å². The molecule has 8 nitrogen and oxygen atoms in total. The second kappa shape index (κ2) is 7.56. The number of Topliss-reactive ketones (excluding diaryl/α,β-unsaturated/α-hetero) is 2. The van der Waals surface area contributed by atoms with Crippen LogP contribution in [-0.4, -0.2) is 49.7 Å². The number of hydrogen-bond acceptors (Lipinski definition) is 7. The first-order chi connectivity index (χ1) is 16.8. The summed E-state index contributed by atoms with van der Waals surface area (Å²) in [7, 11) is 0.